The second kappa shape index (κ2) is 6.01. The summed E-state index contributed by atoms with van der Waals surface area (Å²) in [5, 5.41) is 3.44. The van der Waals surface area contributed by atoms with Gasteiger partial charge in [-0.2, -0.15) is 0 Å². The second-order valence-corrected chi connectivity index (χ2v) is 5.96. The van der Waals surface area contributed by atoms with Crippen molar-refractivity contribution in [3.63, 3.8) is 0 Å². The Bertz CT molecular complexity index is 390. The minimum Gasteiger partial charge on any atom is -0.366 e. The van der Waals surface area contributed by atoms with Crippen molar-refractivity contribution < 1.29 is 4.79 Å². The number of benzene rings is 1. The lowest BCUT2D eigenvalue weighted by Gasteiger charge is -2.27. The highest BCUT2D eigenvalue weighted by Crippen LogP contribution is 2.24. The molecule has 0 spiro atoms. The van der Waals surface area contributed by atoms with Crippen LogP contribution in [0.1, 0.15) is 43.6 Å². The Labute approximate surface area is 110 Å². The Morgan fingerprint density at radius 1 is 1.28 bits per heavy atom. The molecule has 0 saturated carbocycles. The molecular weight excluding hydrogens is 224 g/mol. The van der Waals surface area contributed by atoms with Gasteiger partial charge in [0, 0.05) is 12.1 Å². The van der Waals surface area contributed by atoms with Crippen molar-refractivity contribution >= 4 is 5.91 Å². The summed E-state index contributed by atoms with van der Waals surface area (Å²) in [7, 11) is 0. The van der Waals surface area contributed by atoms with E-state index in [0.717, 1.165) is 13.1 Å². The number of rotatable bonds is 5. The molecule has 0 heterocycles. The van der Waals surface area contributed by atoms with Gasteiger partial charge in [0.05, 0.1) is 0 Å². The van der Waals surface area contributed by atoms with E-state index in [1.807, 2.05) is 12.1 Å². The quantitative estimate of drug-likeness (QED) is 0.841. The number of hydrogen-bond donors (Lipinski definition) is 2. The molecule has 0 fully saturated rings. The molecule has 1 unspecified atom stereocenters. The van der Waals surface area contributed by atoms with E-state index in [0.29, 0.717) is 16.9 Å². The molecule has 0 aromatic heterocycles. The molecule has 0 aliphatic carbocycles. The van der Waals surface area contributed by atoms with E-state index in [-0.39, 0.29) is 5.91 Å². The van der Waals surface area contributed by atoms with E-state index in [1.165, 1.54) is 5.56 Å². The molecule has 0 aliphatic rings. The maximum Gasteiger partial charge on any atom is 0.248 e. The molecule has 1 aromatic rings. The predicted octanol–water partition coefficient (Wildman–Crippen LogP) is 2.56. The average Bonchev–Trinajstić information content (AvgIpc) is 2.28. The lowest BCUT2D eigenvalue weighted by molar-refractivity contribution is 0.100. The summed E-state index contributed by atoms with van der Waals surface area (Å²) < 4.78 is 0. The summed E-state index contributed by atoms with van der Waals surface area (Å²) in [6.07, 6.45) is 0. The van der Waals surface area contributed by atoms with Gasteiger partial charge in [-0.25, -0.2) is 0 Å². The van der Waals surface area contributed by atoms with Gasteiger partial charge < -0.3 is 11.1 Å². The van der Waals surface area contributed by atoms with Gasteiger partial charge in [-0.3, -0.25) is 4.79 Å². The second-order valence-electron chi connectivity index (χ2n) is 5.96. The molecule has 0 bridgehead atoms. The van der Waals surface area contributed by atoms with Gasteiger partial charge in [0.25, 0.3) is 0 Å². The maximum atomic E-state index is 10.9. The van der Waals surface area contributed by atoms with Crippen molar-refractivity contribution in [3.8, 4) is 0 Å². The van der Waals surface area contributed by atoms with Crippen molar-refractivity contribution in [1.82, 2.24) is 5.32 Å². The summed E-state index contributed by atoms with van der Waals surface area (Å²) in [6, 6.07) is 7.42. The first-order valence-corrected chi connectivity index (χ1v) is 6.40. The fraction of sp³-hybridized carbons (Fsp3) is 0.533. The van der Waals surface area contributed by atoms with Crippen LogP contribution in [0.15, 0.2) is 24.3 Å². The molecule has 0 radical (unpaired) electrons. The highest BCUT2D eigenvalue weighted by molar-refractivity contribution is 5.92. The molecule has 1 rings (SSSR count). The highest BCUT2D eigenvalue weighted by Gasteiger charge is 2.18. The topological polar surface area (TPSA) is 55.1 Å². The van der Waals surface area contributed by atoms with Crippen LogP contribution in [-0.2, 0) is 6.54 Å². The Morgan fingerprint density at radius 3 is 2.28 bits per heavy atom. The van der Waals surface area contributed by atoms with Crippen LogP contribution in [-0.4, -0.2) is 12.5 Å². The smallest absolute Gasteiger partial charge is 0.248 e. The molecule has 3 nitrogen and oxygen atoms in total. The predicted molar refractivity (Wildman–Crippen MR) is 75.3 cm³/mol. The molecule has 3 heteroatoms. The van der Waals surface area contributed by atoms with E-state index >= 15 is 0 Å². The lowest BCUT2D eigenvalue weighted by Crippen LogP contribution is -2.29. The van der Waals surface area contributed by atoms with Crippen molar-refractivity contribution in [2.45, 2.75) is 34.2 Å². The fourth-order valence-electron chi connectivity index (χ4n) is 1.53. The van der Waals surface area contributed by atoms with E-state index < -0.39 is 0 Å². The molecular formula is C15H24N2O. The van der Waals surface area contributed by atoms with Crippen LogP contribution in [0.25, 0.3) is 0 Å². The number of carbonyl (C=O) groups is 1. The Kier molecular flexibility index (Phi) is 4.91. The molecule has 100 valence electrons. The van der Waals surface area contributed by atoms with Gasteiger partial charge in [-0.05, 0) is 35.6 Å². The van der Waals surface area contributed by atoms with Gasteiger partial charge in [-0.1, -0.05) is 39.8 Å². The van der Waals surface area contributed by atoms with Crippen molar-refractivity contribution in [2.75, 3.05) is 6.54 Å². The number of primary amides is 1. The molecule has 1 atom stereocenters. The summed E-state index contributed by atoms with van der Waals surface area (Å²) in [5.74, 6) is 0.234. The van der Waals surface area contributed by atoms with Crippen molar-refractivity contribution in [3.05, 3.63) is 35.4 Å². The van der Waals surface area contributed by atoms with Crippen molar-refractivity contribution in [1.29, 1.82) is 0 Å². The fourth-order valence-corrected chi connectivity index (χ4v) is 1.53. The largest absolute Gasteiger partial charge is 0.366 e. The number of nitrogens with one attached hydrogen (secondary N) is 1. The monoisotopic (exact) mass is 248 g/mol. The highest BCUT2D eigenvalue weighted by atomic mass is 16.1. The summed E-state index contributed by atoms with van der Waals surface area (Å²) >= 11 is 0. The molecule has 0 aliphatic heterocycles. The van der Waals surface area contributed by atoms with Gasteiger partial charge in [0.1, 0.15) is 0 Å². The average molecular weight is 248 g/mol. The van der Waals surface area contributed by atoms with Gasteiger partial charge in [0.15, 0.2) is 0 Å². The molecule has 1 amide bonds. The van der Waals surface area contributed by atoms with E-state index in [1.54, 1.807) is 12.1 Å². The normalized spacial score (nSPS) is 13.3. The van der Waals surface area contributed by atoms with Crippen LogP contribution in [0.2, 0.25) is 0 Å². The van der Waals surface area contributed by atoms with E-state index in [2.05, 4.69) is 33.0 Å². The summed E-state index contributed by atoms with van der Waals surface area (Å²) in [4.78, 5) is 10.9. The Morgan fingerprint density at radius 2 is 1.83 bits per heavy atom. The van der Waals surface area contributed by atoms with E-state index in [9.17, 15) is 4.79 Å². The van der Waals surface area contributed by atoms with Gasteiger partial charge >= 0.3 is 0 Å². The number of amides is 1. The molecule has 0 saturated heterocycles. The molecule has 3 N–H and O–H groups in total. The third-order valence-electron chi connectivity index (χ3n) is 3.50. The van der Waals surface area contributed by atoms with E-state index in [4.69, 9.17) is 5.73 Å². The zero-order chi connectivity index (χ0) is 13.8. The Balaban J connectivity index is 2.43. The third kappa shape index (κ3) is 4.49. The molecule has 1 aromatic carbocycles. The van der Waals surface area contributed by atoms with Gasteiger partial charge in [-0.15, -0.1) is 0 Å². The number of carbonyl (C=O) groups excluding carboxylic acids is 1. The first kappa shape index (κ1) is 14.7. The van der Waals surface area contributed by atoms with Crippen LogP contribution in [0.4, 0.5) is 0 Å². The summed E-state index contributed by atoms with van der Waals surface area (Å²) in [5.41, 5.74) is 7.24. The standard InChI is InChI=1S/C15H24N2O/c1-11(15(2,3)4)9-17-10-12-5-7-13(8-6-12)14(16)18/h5-8,11,17H,9-10H2,1-4H3,(H2,16,18). The lowest BCUT2D eigenvalue weighted by atomic mass is 9.82. The number of hydrogen-bond acceptors (Lipinski definition) is 2. The first-order chi connectivity index (χ1) is 8.30. The van der Waals surface area contributed by atoms with Crippen LogP contribution in [0, 0.1) is 11.3 Å². The summed E-state index contributed by atoms with van der Waals surface area (Å²) in [6.45, 7) is 10.8. The van der Waals surface area contributed by atoms with Gasteiger partial charge in [0.2, 0.25) is 5.91 Å². The van der Waals surface area contributed by atoms with Crippen LogP contribution in [0.3, 0.4) is 0 Å². The van der Waals surface area contributed by atoms with Crippen LogP contribution >= 0.6 is 0 Å². The Hall–Kier alpha value is -1.35. The molecule has 18 heavy (non-hydrogen) atoms. The minimum atomic E-state index is -0.379. The third-order valence-corrected chi connectivity index (χ3v) is 3.50. The number of nitrogens with two attached hydrogens (primary N) is 1. The zero-order valence-corrected chi connectivity index (χ0v) is 11.8. The maximum absolute atomic E-state index is 10.9. The van der Waals surface area contributed by atoms with Crippen molar-refractivity contribution in [2.24, 2.45) is 17.1 Å². The van der Waals surface area contributed by atoms with Crippen LogP contribution in [0.5, 0.6) is 0 Å². The zero-order valence-electron chi connectivity index (χ0n) is 11.8. The first-order valence-electron chi connectivity index (χ1n) is 6.40. The van der Waals surface area contributed by atoms with Crippen LogP contribution < -0.4 is 11.1 Å². The minimum absolute atomic E-state index is 0.322. The SMILES string of the molecule is CC(CNCc1ccc(C(N)=O)cc1)C(C)(C)C.